The highest BCUT2D eigenvalue weighted by atomic mass is 32.2. The third kappa shape index (κ3) is 8.55. The van der Waals surface area contributed by atoms with Gasteiger partial charge in [-0.1, -0.05) is 56.5 Å². The third-order valence-corrected chi connectivity index (χ3v) is 7.05. The molecule has 8 heteroatoms. The molecule has 2 N–H and O–H groups in total. The van der Waals surface area contributed by atoms with Crippen LogP contribution in [0.15, 0.2) is 60.0 Å². The molecule has 1 aliphatic heterocycles. The van der Waals surface area contributed by atoms with Crippen molar-refractivity contribution in [2.45, 2.75) is 45.4 Å². The van der Waals surface area contributed by atoms with Crippen LogP contribution in [0.2, 0.25) is 0 Å². The van der Waals surface area contributed by atoms with Crippen LogP contribution in [0.5, 0.6) is 0 Å². The molecule has 1 heterocycles. The van der Waals surface area contributed by atoms with Crippen molar-refractivity contribution in [3.8, 4) is 0 Å². The summed E-state index contributed by atoms with van der Waals surface area (Å²) in [7, 11) is -3.69. The van der Waals surface area contributed by atoms with Crippen molar-refractivity contribution < 1.29 is 18.0 Å². The van der Waals surface area contributed by atoms with Crippen molar-refractivity contribution >= 4 is 33.6 Å². The SMILES string of the molecule is CCCCCCNC(=O)C1CCCN(C(=O)c2ccc(NS(=O)(=O)/C=C/c3ccccc3)cc2)C1. The van der Waals surface area contributed by atoms with Gasteiger partial charge in [0, 0.05) is 30.9 Å². The van der Waals surface area contributed by atoms with Gasteiger partial charge in [0.05, 0.1) is 11.3 Å². The molecule has 2 amide bonds. The lowest BCUT2D eigenvalue weighted by Crippen LogP contribution is -2.45. The van der Waals surface area contributed by atoms with Crippen LogP contribution in [0.3, 0.4) is 0 Å². The Labute approximate surface area is 208 Å². The van der Waals surface area contributed by atoms with E-state index < -0.39 is 10.0 Å². The second-order valence-electron chi connectivity index (χ2n) is 8.88. The number of amides is 2. The zero-order valence-electron chi connectivity index (χ0n) is 20.3. The van der Waals surface area contributed by atoms with E-state index in [2.05, 4.69) is 17.0 Å². The summed E-state index contributed by atoms with van der Waals surface area (Å²) in [6.07, 6.45) is 7.51. The molecule has 0 aromatic heterocycles. The fraction of sp³-hybridized carbons (Fsp3) is 0.407. The number of anilines is 1. The molecular formula is C27H35N3O4S. The first kappa shape index (κ1) is 26.5. The smallest absolute Gasteiger partial charge is 0.255 e. The summed E-state index contributed by atoms with van der Waals surface area (Å²) in [5.41, 5.74) is 1.62. The first-order chi connectivity index (χ1) is 16.9. The molecule has 1 fully saturated rings. The number of benzene rings is 2. The van der Waals surface area contributed by atoms with Gasteiger partial charge in [-0.15, -0.1) is 0 Å². The van der Waals surface area contributed by atoms with Gasteiger partial charge in [-0.2, -0.15) is 0 Å². The molecule has 1 aliphatic rings. The maximum absolute atomic E-state index is 13.0. The van der Waals surface area contributed by atoms with Gasteiger partial charge < -0.3 is 10.2 Å². The number of rotatable bonds is 11. The second-order valence-corrected chi connectivity index (χ2v) is 10.4. The van der Waals surface area contributed by atoms with Crippen LogP contribution in [0.4, 0.5) is 5.69 Å². The molecule has 2 aromatic carbocycles. The molecule has 1 unspecified atom stereocenters. The quantitative estimate of drug-likeness (QED) is 0.442. The molecule has 0 bridgehead atoms. The van der Waals surface area contributed by atoms with Gasteiger partial charge in [0.1, 0.15) is 0 Å². The number of hydrogen-bond donors (Lipinski definition) is 2. The van der Waals surface area contributed by atoms with Gasteiger partial charge in [0.15, 0.2) is 0 Å². The number of carbonyl (C=O) groups excluding carboxylic acids is 2. The van der Waals surface area contributed by atoms with Crippen molar-refractivity contribution in [1.82, 2.24) is 10.2 Å². The lowest BCUT2D eigenvalue weighted by Gasteiger charge is -2.32. The number of nitrogens with one attached hydrogen (secondary N) is 2. The lowest BCUT2D eigenvalue weighted by molar-refractivity contribution is -0.126. The monoisotopic (exact) mass is 497 g/mol. The van der Waals surface area contributed by atoms with Gasteiger partial charge in [-0.3, -0.25) is 14.3 Å². The van der Waals surface area contributed by atoms with Crippen molar-refractivity contribution in [1.29, 1.82) is 0 Å². The number of nitrogens with zero attached hydrogens (tertiary/aromatic N) is 1. The molecule has 3 rings (SSSR count). The minimum absolute atomic E-state index is 0.0207. The van der Waals surface area contributed by atoms with Gasteiger partial charge in [0.25, 0.3) is 15.9 Å². The second kappa shape index (κ2) is 13.1. The van der Waals surface area contributed by atoms with E-state index in [1.165, 1.54) is 12.5 Å². The van der Waals surface area contributed by atoms with Crippen molar-refractivity contribution in [2.24, 2.45) is 5.92 Å². The Morgan fingerprint density at radius 2 is 1.77 bits per heavy atom. The summed E-state index contributed by atoms with van der Waals surface area (Å²) in [4.78, 5) is 27.3. The number of likely N-dealkylation sites (tertiary alicyclic amines) is 1. The summed E-state index contributed by atoms with van der Waals surface area (Å²) in [5, 5.41) is 4.13. The number of sulfonamides is 1. The largest absolute Gasteiger partial charge is 0.356 e. The zero-order chi connectivity index (χ0) is 25.1. The molecule has 0 spiro atoms. The topological polar surface area (TPSA) is 95.6 Å². The maximum atomic E-state index is 13.0. The van der Waals surface area contributed by atoms with E-state index in [4.69, 9.17) is 0 Å². The molecule has 188 valence electrons. The van der Waals surface area contributed by atoms with E-state index in [9.17, 15) is 18.0 Å². The molecule has 1 saturated heterocycles. The predicted octanol–water partition coefficient (Wildman–Crippen LogP) is 4.65. The van der Waals surface area contributed by atoms with Crippen molar-refractivity contribution in [2.75, 3.05) is 24.4 Å². The van der Waals surface area contributed by atoms with E-state index in [1.54, 1.807) is 29.2 Å². The molecular weight excluding hydrogens is 462 g/mol. The van der Waals surface area contributed by atoms with E-state index in [1.807, 2.05) is 30.3 Å². The van der Waals surface area contributed by atoms with Crippen LogP contribution < -0.4 is 10.0 Å². The highest BCUT2D eigenvalue weighted by molar-refractivity contribution is 7.95. The summed E-state index contributed by atoms with van der Waals surface area (Å²) >= 11 is 0. The molecule has 0 saturated carbocycles. The van der Waals surface area contributed by atoms with Crippen LogP contribution >= 0.6 is 0 Å². The van der Waals surface area contributed by atoms with Crippen LogP contribution in [-0.2, 0) is 14.8 Å². The zero-order valence-corrected chi connectivity index (χ0v) is 21.1. The minimum atomic E-state index is -3.69. The summed E-state index contributed by atoms with van der Waals surface area (Å²) in [5.74, 6) is -0.322. The fourth-order valence-electron chi connectivity index (χ4n) is 4.08. The van der Waals surface area contributed by atoms with Crippen LogP contribution in [0.1, 0.15) is 61.4 Å². The minimum Gasteiger partial charge on any atom is -0.356 e. The van der Waals surface area contributed by atoms with Crippen LogP contribution in [0.25, 0.3) is 6.08 Å². The Morgan fingerprint density at radius 3 is 2.49 bits per heavy atom. The molecule has 1 atom stereocenters. The Kier molecular flexibility index (Phi) is 9.90. The Morgan fingerprint density at radius 1 is 1.03 bits per heavy atom. The summed E-state index contributed by atoms with van der Waals surface area (Å²) in [6.45, 7) is 3.85. The average molecular weight is 498 g/mol. The predicted molar refractivity (Wildman–Crippen MR) is 140 cm³/mol. The normalized spacial score (nSPS) is 16.3. The number of hydrogen-bond acceptors (Lipinski definition) is 4. The first-order valence-corrected chi connectivity index (χ1v) is 13.9. The van der Waals surface area contributed by atoms with Crippen LogP contribution in [-0.4, -0.2) is 44.8 Å². The van der Waals surface area contributed by atoms with E-state index >= 15 is 0 Å². The Bertz CT molecular complexity index is 1100. The molecule has 7 nitrogen and oxygen atoms in total. The van der Waals surface area contributed by atoms with Crippen LogP contribution in [0, 0.1) is 5.92 Å². The third-order valence-electron chi connectivity index (χ3n) is 6.04. The summed E-state index contributed by atoms with van der Waals surface area (Å²) in [6, 6.07) is 15.5. The molecule has 35 heavy (non-hydrogen) atoms. The Hall–Kier alpha value is -3.13. The summed E-state index contributed by atoms with van der Waals surface area (Å²) < 4.78 is 27.2. The van der Waals surface area contributed by atoms with Gasteiger partial charge in [-0.05, 0) is 55.2 Å². The van der Waals surface area contributed by atoms with E-state index in [0.29, 0.717) is 30.9 Å². The van der Waals surface area contributed by atoms with Crippen molar-refractivity contribution in [3.63, 3.8) is 0 Å². The van der Waals surface area contributed by atoms with E-state index in [-0.39, 0.29) is 17.7 Å². The van der Waals surface area contributed by atoms with Gasteiger partial charge in [0.2, 0.25) is 5.91 Å². The Balaban J connectivity index is 1.53. The number of piperidine rings is 1. The standard InChI is InChI=1S/C27H35N3O4S/c1-2-3-4-8-18-28-26(31)24-12-9-19-30(21-24)27(32)23-13-15-25(16-14-23)29-35(33,34)20-17-22-10-6-5-7-11-22/h5-7,10-11,13-17,20,24,29H,2-4,8-9,12,18-19,21H2,1H3,(H,28,31)/b20-17+. The van der Waals surface area contributed by atoms with E-state index in [0.717, 1.165) is 43.1 Å². The molecule has 2 aromatic rings. The molecule has 0 radical (unpaired) electrons. The highest BCUT2D eigenvalue weighted by Crippen LogP contribution is 2.20. The fourth-order valence-corrected chi connectivity index (χ4v) is 4.95. The number of unbranched alkanes of at least 4 members (excludes halogenated alkanes) is 3. The number of carbonyl (C=O) groups is 2. The van der Waals surface area contributed by atoms with Gasteiger partial charge >= 0.3 is 0 Å². The average Bonchev–Trinajstić information content (AvgIpc) is 2.88. The first-order valence-electron chi connectivity index (χ1n) is 12.3. The van der Waals surface area contributed by atoms with Gasteiger partial charge in [-0.25, -0.2) is 8.42 Å². The maximum Gasteiger partial charge on any atom is 0.255 e. The highest BCUT2D eigenvalue weighted by Gasteiger charge is 2.28. The molecule has 0 aliphatic carbocycles. The lowest BCUT2D eigenvalue weighted by atomic mass is 9.96. The van der Waals surface area contributed by atoms with Crippen molar-refractivity contribution in [3.05, 3.63) is 71.1 Å².